The Kier molecular flexibility index (Phi) is 3.71. The molecule has 0 fully saturated rings. The summed E-state index contributed by atoms with van der Waals surface area (Å²) >= 11 is 1.42. The van der Waals surface area contributed by atoms with Gasteiger partial charge in [-0.1, -0.05) is 12.1 Å². The van der Waals surface area contributed by atoms with Gasteiger partial charge in [-0.2, -0.15) is 0 Å². The van der Waals surface area contributed by atoms with E-state index in [2.05, 4.69) is 15.0 Å². The molecule has 18 heavy (non-hydrogen) atoms. The van der Waals surface area contributed by atoms with Crippen molar-refractivity contribution in [3.63, 3.8) is 0 Å². The number of halogens is 3. The topological polar surface area (TPSA) is 34.1 Å². The molecule has 0 bridgehead atoms. The van der Waals surface area contributed by atoms with Crippen molar-refractivity contribution in [3.8, 4) is 5.75 Å². The summed E-state index contributed by atoms with van der Waals surface area (Å²) in [5, 5.41) is 5.53. The Bertz CT molecular complexity index is 499. The predicted molar refractivity (Wildman–Crippen MR) is 62.6 cm³/mol. The molecule has 0 atom stereocenters. The van der Waals surface area contributed by atoms with Crippen LogP contribution in [0.5, 0.6) is 5.75 Å². The van der Waals surface area contributed by atoms with Crippen LogP contribution in [0.15, 0.2) is 35.8 Å². The number of hydrogen-bond donors (Lipinski definition) is 1. The van der Waals surface area contributed by atoms with E-state index < -0.39 is 6.36 Å². The van der Waals surface area contributed by atoms with Crippen molar-refractivity contribution in [2.75, 3.05) is 5.32 Å². The van der Waals surface area contributed by atoms with Gasteiger partial charge in [0.05, 0.1) is 0 Å². The molecule has 2 aromatic rings. The van der Waals surface area contributed by atoms with Crippen LogP contribution in [0, 0.1) is 0 Å². The monoisotopic (exact) mass is 274 g/mol. The summed E-state index contributed by atoms with van der Waals surface area (Å²) in [7, 11) is 0. The third-order valence-electron chi connectivity index (χ3n) is 2.01. The lowest BCUT2D eigenvalue weighted by molar-refractivity contribution is -0.274. The first-order valence-corrected chi connectivity index (χ1v) is 5.89. The van der Waals surface area contributed by atoms with E-state index >= 15 is 0 Å². The third kappa shape index (κ3) is 3.92. The number of anilines is 1. The highest BCUT2D eigenvalue weighted by Crippen LogP contribution is 2.23. The molecule has 0 aliphatic rings. The van der Waals surface area contributed by atoms with Gasteiger partial charge in [0.2, 0.25) is 0 Å². The van der Waals surface area contributed by atoms with Crippen LogP contribution in [0.25, 0.3) is 0 Å². The van der Waals surface area contributed by atoms with Crippen LogP contribution in [0.4, 0.5) is 18.3 Å². The molecule has 1 heterocycles. The minimum Gasteiger partial charge on any atom is -0.406 e. The lowest BCUT2D eigenvalue weighted by atomic mass is 10.2. The molecule has 0 aliphatic heterocycles. The molecule has 1 aromatic carbocycles. The van der Waals surface area contributed by atoms with Crippen molar-refractivity contribution in [2.45, 2.75) is 12.9 Å². The number of nitrogens with one attached hydrogen (secondary N) is 1. The Balaban J connectivity index is 1.99. The Morgan fingerprint density at radius 3 is 2.83 bits per heavy atom. The second kappa shape index (κ2) is 5.26. The Morgan fingerprint density at radius 2 is 2.17 bits per heavy atom. The van der Waals surface area contributed by atoms with Crippen molar-refractivity contribution in [1.82, 2.24) is 4.98 Å². The van der Waals surface area contributed by atoms with Gasteiger partial charge in [0.15, 0.2) is 5.13 Å². The molecule has 96 valence electrons. The number of aromatic nitrogens is 1. The van der Waals surface area contributed by atoms with E-state index in [1.54, 1.807) is 12.3 Å². The fraction of sp³-hybridized carbons (Fsp3) is 0.182. The average Bonchev–Trinajstić information content (AvgIpc) is 2.77. The summed E-state index contributed by atoms with van der Waals surface area (Å²) in [5.74, 6) is -0.221. The first-order valence-electron chi connectivity index (χ1n) is 5.01. The lowest BCUT2D eigenvalue weighted by Crippen LogP contribution is -2.17. The van der Waals surface area contributed by atoms with E-state index in [-0.39, 0.29) is 5.75 Å². The fourth-order valence-corrected chi connectivity index (χ4v) is 1.87. The summed E-state index contributed by atoms with van der Waals surface area (Å²) < 4.78 is 39.9. The number of ether oxygens (including phenoxy) is 1. The van der Waals surface area contributed by atoms with Gasteiger partial charge in [0, 0.05) is 18.1 Å². The Morgan fingerprint density at radius 1 is 1.33 bits per heavy atom. The van der Waals surface area contributed by atoms with Crippen LogP contribution in [0.3, 0.4) is 0 Å². The zero-order chi connectivity index (χ0) is 13.0. The number of benzene rings is 1. The molecule has 3 nitrogen and oxygen atoms in total. The fourth-order valence-electron chi connectivity index (χ4n) is 1.34. The number of rotatable bonds is 4. The minimum absolute atomic E-state index is 0.221. The minimum atomic E-state index is -4.67. The first kappa shape index (κ1) is 12.7. The van der Waals surface area contributed by atoms with Crippen LogP contribution >= 0.6 is 11.3 Å². The van der Waals surface area contributed by atoms with Crippen LogP contribution in [0.2, 0.25) is 0 Å². The molecule has 0 unspecified atom stereocenters. The van der Waals surface area contributed by atoms with E-state index in [0.717, 1.165) is 5.13 Å². The number of hydrogen-bond acceptors (Lipinski definition) is 4. The number of nitrogens with zero attached hydrogens (tertiary/aromatic N) is 1. The quantitative estimate of drug-likeness (QED) is 0.924. The predicted octanol–water partition coefficient (Wildman–Crippen LogP) is 3.65. The maximum Gasteiger partial charge on any atom is 0.573 e. The molecular weight excluding hydrogens is 265 g/mol. The van der Waals surface area contributed by atoms with Gasteiger partial charge in [0.1, 0.15) is 5.75 Å². The normalized spacial score (nSPS) is 11.3. The molecule has 7 heteroatoms. The van der Waals surface area contributed by atoms with Crippen molar-refractivity contribution in [2.24, 2.45) is 0 Å². The smallest absolute Gasteiger partial charge is 0.406 e. The summed E-state index contributed by atoms with van der Waals surface area (Å²) in [6.45, 7) is 0.391. The molecule has 0 saturated heterocycles. The van der Waals surface area contributed by atoms with Crippen LogP contribution < -0.4 is 10.1 Å². The van der Waals surface area contributed by atoms with Gasteiger partial charge in [-0.15, -0.1) is 24.5 Å². The summed E-state index contributed by atoms with van der Waals surface area (Å²) in [6.07, 6.45) is -3.02. The second-order valence-corrected chi connectivity index (χ2v) is 4.28. The van der Waals surface area contributed by atoms with Crippen LogP contribution in [0.1, 0.15) is 5.56 Å². The van der Waals surface area contributed by atoms with E-state index in [9.17, 15) is 13.2 Å². The van der Waals surface area contributed by atoms with Crippen LogP contribution in [-0.4, -0.2) is 11.3 Å². The molecule has 0 spiro atoms. The largest absolute Gasteiger partial charge is 0.573 e. The molecule has 2 rings (SSSR count). The standard InChI is InChI=1S/C11H9F3N2OS/c12-11(13,14)17-9-3-1-2-8(6-9)7-16-10-15-4-5-18-10/h1-6H,7H2,(H,15,16). The maximum atomic E-state index is 12.0. The zero-order valence-electron chi connectivity index (χ0n) is 9.07. The zero-order valence-corrected chi connectivity index (χ0v) is 9.89. The van der Waals surface area contributed by atoms with Crippen LogP contribution in [-0.2, 0) is 6.54 Å². The van der Waals surface area contributed by atoms with Gasteiger partial charge in [0.25, 0.3) is 0 Å². The van der Waals surface area contributed by atoms with Gasteiger partial charge < -0.3 is 10.1 Å². The molecule has 0 amide bonds. The van der Waals surface area contributed by atoms with E-state index in [1.807, 2.05) is 5.38 Å². The SMILES string of the molecule is FC(F)(F)Oc1cccc(CNc2nccs2)c1. The van der Waals surface area contributed by atoms with E-state index in [4.69, 9.17) is 0 Å². The number of thiazole rings is 1. The van der Waals surface area contributed by atoms with Crippen molar-refractivity contribution in [1.29, 1.82) is 0 Å². The van der Waals surface area contributed by atoms with Crippen molar-refractivity contribution < 1.29 is 17.9 Å². The Labute approximate surface area is 105 Å². The molecule has 0 aliphatic carbocycles. The van der Waals surface area contributed by atoms with Crippen molar-refractivity contribution >= 4 is 16.5 Å². The van der Waals surface area contributed by atoms with Gasteiger partial charge >= 0.3 is 6.36 Å². The molecule has 0 radical (unpaired) electrons. The van der Waals surface area contributed by atoms with Gasteiger partial charge in [-0.3, -0.25) is 0 Å². The Hall–Kier alpha value is -1.76. The van der Waals surface area contributed by atoms with E-state index in [0.29, 0.717) is 12.1 Å². The highest BCUT2D eigenvalue weighted by atomic mass is 32.1. The highest BCUT2D eigenvalue weighted by molar-refractivity contribution is 7.13. The summed E-state index contributed by atoms with van der Waals surface area (Å²) in [4.78, 5) is 4.01. The lowest BCUT2D eigenvalue weighted by Gasteiger charge is -2.10. The molecular formula is C11H9F3N2OS. The average molecular weight is 274 g/mol. The van der Waals surface area contributed by atoms with Gasteiger partial charge in [-0.05, 0) is 17.7 Å². The molecule has 1 N–H and O–H groups in total. The first-order chi connectivity index (χ1) is 8.53. The number of alkyl halides is 3. The van der Waals surface area contributed by atoms with Crippen molar-refractivity contribution in [3.05, 3.63) is 41.4 Å². The second-order valence-electron chi connectivity index (χ2n) is 3.39. The maximum absolute atomic E-state index is 12.0. The van der Waals surface area contributed by atoms with E-state index in [1.165, 1.54) is 29.5 Å². The third-order valence-corrected chi connectivity index (χ3v) is 2.74. The highest BCUT2D eigenvalue weighted by Gasteiger charge is 2.31. The van der Waals surface area contributed by atoms with Gasteiger partial charge in [-0.25, -0.2) is 4.98 Å². The summed E-state index contributed by atoms with van der Waals surface area (Å²) in [6, 6.07) is 5.83. The summed E-state index contributed by atoms with van der Waals surface area (Å²) in [5.41, 5.74) is 0.687. The molecule has 0 saturated carbocycles. The molecule has 1 aromatic heterocycles.